The fraction of sp³-hybridized carbons (Fsp3) is 0.333. The first-order valence-electron chi connectivity index (χ1n) is 9.12. The molecule has 1 amide bonds. The highest BCUT2D eigenvalue weighted by Gasteiger charge is 2.33. The van der Waals surface area contributed by atoms with Gasteiger partial charge in [0.15, 0.2) is 5.78 Å². The first-order chi connectivity index (χ1) is 13.0. The molecule has 2 aromatic carbocycles. The minimum Gasteiger partial charge on any atom is -0.366 e. The van der Waals surface area contributed by atoms with Crippen molar-refractivity contribution >= 4 is 29.1 Å². The van der Waals surface area contributed by atoms with Crippen LogP contribution in [0.5, 0.6) is 0 Å². The van der Waals surface area contributed by atoms with Crippen molar-refractivity contribution < 1.29 is 14.0 Å². The summed E-state index contributed by atoms with van der Waals surface area (Å²) in [4.78, 5) is 29.3. The molecule has 4 rings (SSSR count). The van der Waals surface area contributed by atoms with Crippen LogP contribution in [0.2, 0.25) is 0 Å². The molecule has 2 aromatic rings. The van der Waals surface area contributed by atoms with Gasteiger partial charge in [0.05, 0.1) is 10.9 Å². The standard InChI is InChI=1S/C21H21FN2O2S/c1-14(25)15-6-7-18(17(22)12-15)23-8-10-24(11-9-23)21(26)20-13-16-4-2-3-5-19(16)27-20/h2-7,12,20H,8-11,13H2,1H3. The van der Waals surface area contributed by atoms with Gasteiger partial charge in [-0.15, -0.1) is 11.8 Å². The van der Waals surface area contributed by atoms with Crippen LogP contribution >= 0.6 is 11.8 Å². The third-order valence-corrected chi connectivity index (χ3v) is 6.51. The van der Waals surface area contributed by atoms with Crippen molar-refractivity contribution in [2.45, 2.75) is 23.5 Å². The molecule has 4 nitrogen and oxygen atoms in total. The molecule has 27 heavy (non-hydrogen) atoms. The zero-order chi connectivity index (χ0) is 19.0. The zero-order valence-corrected chi connectivity index (χ0v) is 16.0. The van der Waals surface area contributed by atoms with E-state index in [1.165, 1.54) is 23.4 Å². The number of hydrogen-bond acceptors (Lipinski definition) is 4. The van der Waals surface area contributed by atoms with Gasteiger partial charge < -0.3 is 9.80 Å². The molecule has 1 atom stereocenters. The first kappa shape index (κ1) is 18.0. The van der Waals surface area contributed by atoms with Gasteiger partial charge in [-0.3, -0.25) is 9.59 Å². The van der Waals surface area contributed by atoms with Crippen LogP contribution < -0.4 is 4.90 Å². The molecule has 2 heterocycles. The van der Waals surface area contributed by atoms with Crippen LogP contribution in [-0.4, -0.2) is 48.0 Å². The van der Waals surface area contributed by atoms with E-state index in [0.29, 0.717) is 37.4 Å². The second-order valence-corrected chi connectivity index (χ2v) is 8.20. The summed E-state index contributed by atoms with van der Waals surface area (Å²) in [5, 5.41) is -0.0551. The highest BCUT2D eigenvalue weighted by atomic mass is 32.2. The van der Waals surface area contributed by atoms with Gasteiger partial charge >= 0.3 is 0 Å². The van der Waals surface area contributed by atoms with Crippen LogP contribution in [0.4, 0.5) is 10.1 Å². The molecule has 0 aliphatic carbocycles. The predicted octanol–water partition coefficient (Wildman–Crippen LogP) is 3.39. The van der Waals surface area contributed by atoms with Crippen molar-refractivity contribution in [3.63, 3.8) is 0 Å². The van der Waals surface area contributed by atoms with Crippen LogP contribution in [-0.2, 0) is 11.2 Å². The van der Waals surface area contributed by atoms with Crippen LogP contribution in [0.15, 0.2) is 47.4 Å². The number of ketones is 1. The molecule has 0 saturated carbocycles. The molecular weight excluding hydrogens is 363 g/mol. The number of carbonyl (C=O) groups excluding carboxylic acids is 2. The molecule has 0 bridgehead atoms. The van der Waals surface area contributed by atoms with Crippen molar-refractivity contribution in [3.05, 3.63) is 59.4 Å². The fourth-order valence-corrected chi connectivity index (χ4v) is 4.95. The maximum Gasteiger partial charge on any atom is 0.236 e. The number of Topliss-reactive ketones (excluding diaryl/α,β-unsaturated/α-hetero) is 1. The maximum absolute atomic E-state index is 14.4. The van der Waals surface area contributed by atoms with Gasteiger partial charge in [0.25, 0.3) is 0 Å². The molecule has 2 aliphatic rings. The smallest absolute Gasteiger partial charge is 0.236 e. The lowest BCUT2D eigenvalue weighted by molar-refractivity contribution is -0.130. The lowest BCUT2D eigenvalue weighted by Gasteiger charge is -2.37. The minimum atomic E-state index is -0.385. The minimum absolute atomic E-state index is 0.0551. The summed E-state index contributed by atoms with van der Waals surface area (Å²) < 4.78 is 14.4. The number of hydrogen-bond donors (Lipinski definition) is 0. The average molecular weight is 384 g/mol. The molecule has 1 fully saturated rings. The predicted molar refractivity (Wildman–Crippen MR) is 105 cm³/mol. The average Bonchev–Trinajstić information content (AvgIpc) is 3.11. The van der Waals surface area contributed by atoms with Gasteiger partial charge in [-0.1, -0.05) is 18.2 Å². The van der Waals surface area contributed by atoms with E-state index in [0.717, 1.165) is 6.42 Å². The Labute approximate surface area is 162 Å². The summed E-state index contributed by atoms with van der Waals surface area (Å²) in [6.07, 6.45) is 0.779. The number of nitrogens with zero attached hydrogens (tertiary/aromatic N) is 2. The monoisotopic (exact) mass is 384 g/mol. The van der Waals surface area contributed by atoms with Crippen LogP contribution in [0.3, 0.4) is 0 Å². The van der Waals surface area contributed by atoms with E-state index in [1.54, 1.807) is 23.9 Å². The quantitative estimate of drug-likeness (QED) is 0.761. The van der Waals surface area contributed by atoms with Crippen LogP contribution in [0, 0.1) is 5.82 Å². The number of thioether (sulfide) groups is 1. The van der Waals surface area contributed by atoms with Crippen molar-refractivity contribution in [1.82, 2.24) is 4.90 Å². The van der Waals surface area contributed by atoms with E-state index in [-0.39, 0.29) is 22.8 Å². The van der Waals surface area contributed by atoms with E-state index in [4.69, 9.17) is 0 Å². The third-order valence-electron chi connectivity index (χ3n) is 5.21. The molecule has 6 heteroatoms. The third kappa shape index (κ3) is 3.58. The Hall–Kier alpha value is -2.34. The molecule has 2 aliphatic heterocycles. The molecule has 1 unspecified atom stereocenters. The molecule has 0 radical (unpaired) electrons. The Balaban J connectivity index is 1.38. The van der Waals surface area contributed by atoms with E-state index in [1.807, 2.05) is 21.9 Å². The second-order valence-electron chi connectivity index (χ2n) is 6.95. The van der Waals surface area contributed by atoms with Gasteiger partial charge in [0.2, 0.25) is 5.91 Å². The van der Waals surface area contributed by atoms with Crippen molar-refractivity contribution in [2.24, 2.45) is 0 Å². The van der Waals surface area contributed by atoms with Gasteiger partial charge in [-0.05, 0) is 43.2 Å². The molecule has 0 spiro atoms. The highest BCUT2D eigenvalue weighted by Crippen LogP contribution is 2.37. The summed E-state index contributed by atoms with van der Waals surface area (Å²) in [6.45, 7) is 3.78. The zero-order valence-electron chi connectivity index (χ0n) is 15.2. The highest BCUT2D eigenvalue weighted by molar-refractivity contribution is 8.01. The lowest BCUT2D eigenvalue weighted by atomic mass is 10.1. The Bertz CT molecular complexity index is 869. The van der Waals surface area contributed by atoms with Crippen molar-refractivity contribution in [3.8, 4) is 0 Å². The maximum atomic E-state index is 14.4. The van der Waals surface area contributed by atoms with Gasteiger partial charge in [0.1, 0.15) is 5.82 Å². The molecule has 140 valence electrons. The number of fused-ring (bicyclic) bond motifs is 1. The van der Waals surface area contributed by atoms with Gasteiger partial charge in [-0.2, -0.15) is 0 Å². The van der Waals surface area contributed by atoms with Crippen LogP contribution in [0.25, 0.3) is 0 Å². The summed E-state index contributed by atoms with van der Waals surface area (Å²) in [5.74, 6) is -0.363. The SMILES string of the molecule is CC(=O)c1ccc(N2CCN(C(=O)C3Cc4ccccc4S3)CC2)c(F)c1. The van der Waals surface area contributed by atoms with E-state index >= 15 is 0 Å². The molecule has 0 aromatic heterocycles. The lowest BCUT2D eigenvalue weighted by Crippen LogP contribution is -2.51. The largest absolute Gasteiger partial charge is 0.366 e. The summed E-state index contributed by atoms with van der Waals surface area (Å²) in [6, 6.07) is 12.8. The number of rotatable bonds is 3. The van der Waals surface area contributed by atoms with Crippen LogP contribution in [0.1, 0.15) is 22.8 Å². The Morgan fingerprint density at radius 3 is 2.48 bits per heavy atom. The Kier molecular flexibility index (Phi) is 4.91. The number of piperazine rings is 1. The van der Waals surface area contributed by atoms with Crippen molar-refractivity contribution in [2.75, 3.05) is 31.1 Å². The number of amides is 1. The van der Waals surface area contributed by atoms with E-state index in [2.05, 4.69) is 12.1 Å². The topological polar surface area (TPSA) is 40.6 Å². The second kappa shape index (κ2) is 7.35. The normalized spacial score (nSPS) is 19.1. The number of anilines is 1. The summed E-state index contributed by atoms with van der Waals surface area (Å²) >= 11 is 1.65. The Morgan fingerprint density at radius 1 is 1.07 bits per heavy atom. The summed E-state index contributed by atoms with van der Waals surface area (Å²) in [7, 11) is 0. The van der Waals surface area contributed by atoms with E-state index in [9.17, 15) is 14.0 Å². The molecule has 0 N–H and O–H groups in total. The fourth-order valence-electron chi connectivity index (χ4n) is 3.67. The number of carbonyl (C=O) groups is 2. The van der Waals surface area contributed by atoms with Gasteiger partial charge in [0, 0.05) is 36.6 Å². The van der Waals surface area contributed by atoms with Crippen molar-refractivity contribution in [1.29, 1.82) is 0 Å². The first-order valence-corrected chi connectivity index (χ1v) is 9.99. The number of halogens is 1. The molecule has 1 saturated heterocycles. The number of benzene rings is 2. The summed E-state index contributed by atoms with van der Waals surface area (Å²) in [5.41, 5.74) is 2.12. The molecular formula is C21H21FN2O2S. The Morgan fingerprint density at radius 2 is 1.81 bits per heavy atom. The van der Waals surface area contributed by atoms with Gasteiger partial charge in [-0.25, -0.2) is 4.39 Å². The van der Waals surface area contributed by atoms with E-state index < -0.39 is 0 Å².